The summed E-state index contributed by atoms with van der Waals surface area (Å²) in [5.41, 5.74) is 1.20. The van der Waals surface area contributed by atoms with Crippen LogP contribution in [0.15, 0.2) is 29.6 Å². The van der Waals surface area contributed by atoms with Crippen molar-refractivity contribution >= 4 is 29.3 Å². The van der Waals surface area contributed by atoms with E-state index < -0.39 is 0 Å². The molecular formula is C22H23ClN4O2S. The van der Waals surface area contributed by atoms with Gasteiger partial charge in [-0.25, -0.2) is 9.97 Å². The van der Waals surface area contributed by atoms with E-state index in [1.807, 2.05) is 11.2 Å². The first-order valence-electron chi connectivity index (χ1n) is 9.68. The van der Waals surface area contributed by atoms with Crippen molar-refractivity contribution in [2.24, 2.45) is 10.8 Å². The normalized spacial score (nSPS) is 23.5. The fraction of sp³-hybridized carbons (Fsp3) is 0.455. The van der Waals surface area contributed by atoms with E-state index in [1.54, 1.807) is 24.4 Å². The average Bonchev–Trinajstić information content (AvgIpc) is 3.00. The van der Waals surface area contributed by atoms with Crippen LogP contribution in [0.4, 0.5) is 0 Å². The Kier molecular flexibility index (Phi) is 4.99. The Labute approximate surface area is 185 Å². The van der Waals surface area contributed by atoms with E-state index in [0.29, 0.717) is 33.6 Å². The molecule has 1 fully saturated rings. The minimum Gasteiger partial charge on any atom is -0.489 e. The molecule has 1 aromatic carbocycles. The van der Waals surface area contributed by atoms with Gasteiger partial charge in [-0.05, 0) is 18.4 Å². The maximum atomic E-state index is 13.1. The third-order valence-corrected chi connectivity index (χ3v) is 7.10. The van der Waals surface area contributed by atoms with Gasteiger partial charge >= 0.3 is 0 Å². The van der Waals surface area contributed by atoms with Crippen molar-refractivity contribution in [2.45, 2.75) is 51.5 Å². The van der Waals surface area contributed by atoms with Gasteiger partial charge in [0.25, 0.3) is 5.91 Å². The van der Waals surface area contributed by atoms with Gasteiger partial charge in [-0.15, -0.1) is 0 Å². The van der Waals surface area contributed by atoms with Gasteiger partial charge in [-0.2, -0.15) is 5.26 Å². The topological polar surface area (TPSA) is 79.1 Å². The first-order valence-corrected chi connectivity index (χ1v) is 11.3. The largest absolute Gasteiger partial charge is 0.489 e. The number of benzene rings is 1. The summed E-state index contributed by atoms with van der Waals surface area (Å²) in [5.74, 6) is 0.596. The maximum Gasteiger partial charge on any atom is 0.258 e. The molecule has 1 aliphatic carbocycles. The molecule has 0 spiro atoms. The molecule has 1 saturated carbocycles. The Morgan fingerprint density at radius 2 is 2.00 bits per heavy atom. The van der Waals surface area contributed by atoms with Gasteiger partial charge in [-0.1, -0.05) is 51.1 Å². The van der Waals surface area contributed by atoms with Gasteiger partial charge in [0.15, 0.2) is 5.16 Å². The quantitative estimate of drug-likeness (QED) is 0.510. The number of carbonyl (C=O) groups is 1. The van der Waals surface area contributed by atoms with Crippen LogP contribution in [0.2, 0.25) is 5.02 Å². The third-order valence-electron chi connectivity index (χ3n) is 6.23. The SMILES string of the molecule is CSc1ncc2c(n1)CN([C@H]1C(C)(C)[C@H](Oc3ccc(C#N)c(Cl)c3)C1(C)C)C2=O. The Morgan fingerprint density at radius 1 is 1.30 bits per heavy atom. The van der Waals surface area contributed by atoms with Gasteiger partial charge in [0.05, 0.1) is 28.4 Å². The van der Waals surface area contributed by atoms with Gasteiger partial charge in [0.2, 0.25) is 0 Å². The minimum absolute atomic E-state index is 0.0244. The molecule has 4 rings (SSSR count). The summed E-state index contributed by atoms with van der Waals surface area (Å²) in [6.07, 6.45) is 3.43. The van der Waals surface area contributed by atoms with Gasteiger partial charge in [0.1, 0.15) is 17.9 Å². The summed E-state index contributed by atoms with van der Waals surface area (Å²) in [7, 11) is 0. The summed E-state index contributed by atoms with van der Waals surface area (Å²) < 4.78 is 6.34. The second-order valence-electron chi connectivity index (χ2n) is 8.95. The molecule has 2 aromatic rings. The average molecular weight is 443 g/mol. The summed E-state index contributed by atoms with van der Waals surface area (Å²) in [4.78, 5) is 23.9. The molecule has 8 heteroatoms. The number of thioether (sulfide) groups is 1. The van der Waals surface area contributed by atoms with Crippen LogP contribution >= 0.6 is 23.4 Å². The van der Waals surface area contributed by atoms with Gasteiger partial charge in [0, 0.05) is 29.1 Å². The molecule has 0 bridgehead atoms. The monoisotopic (exact) mass is 442 g/mol. The molecule has 0 radical (unpaired) electrons. The fourth-order valence-corrected chi connectivity index (χ4v) is 5.98. The van der Waals surface area contributed by atoms with Crippen LogP contribution in [0.1, 0.15) is 49.3 Å². The zero-order valence-electron chi connectivity index (χ0n) is 17.6. The highest BCUT2D eigenvalue weighted by Gasteiger charge is 2.67. The molecule has 30 heavy (non-hydrogen) atoms. The molecule has 2 aliphatic rings. The number of fused-ring (bicyclic) bond motifs is 1. The standard InChI is InChI=1S/C22H23ClN4O2S/c1-21(2)18(27-11-16-14(17(27)28)10-25-20(26-16)30-5)22(3,4)19(21)29-13-7-6-12(9-24)15(23)8-13/h6-8,10,18-19H,11H2,1-5H3/t18-,19-. The summed E-state index contributed by atoms with van der Waals surface area (Å²) in [6.45, 7) is 8.96. The number of amides is 1. The number of aromatic nitrogens is 2. The molecule has 156 valence electrons. The minimum atomic E-state index is -0.294. The van der Waals surface area contributed by atoms with Gasteiger partial charge in [-0.3, -0.25) is 4.79 Å². The molecular weight excluding hydrogens is 420 g/mol. The van der Waals surface area contributed by atoms with E-state index >= 15 is 0 Å². The number of rotatable bonds is 4. The smallest absolute Gasteiger partial charge is 0.258 e. The van der Waals surface area contributed by atoms with E-state index in [4.69, 9.17) is 21.6 Å². The van der Waals surface area contributed by atoms with Crippen molar-refractivity contribution < 1.29 is 9.53 Å². The number of halogens is 1. The van der Waals surface area contributed by atoms with Crippen molar-refractivity contribution in [3.05, 3.63) is 46.2 Å². The fourth-order valence-electron chi connectivity index (χ4n) is 5.40. The van der Waals surface area contributed by atoms with E-state index in [2.05, 4.69) is 43.7 Å². The highest BCUT2D eigenvalue weighted by molar-refractivity contribution is 7.98. The second-order valence-corrected chi connectivity index (χ2v) is 10.1. The first-order chi connectivity index (χ1) is 14.1. The lowest BCUT2D eigenvalue weighted by molar-refractivity contribution is -0.199. The van der Waals surface area contributed by atoms with E-state index in [0.717, 1.165) is 5.69 Å². The number of nitrogens with zero attached hydrogens (tertiary/aromatic N) is 4. The van der Waals surface area contributed by atoms with Crippen LogP contribution in [-0.2, 0) is 6.54 Å². The molecule has 0 atom stereocenters. The third kappa shape index (κ3) is 3.05. The number of hydrogen-bond acceptors (Lipinski definition) is 6. The summed E-state index contributed by atoms with van der Waals surface area (Å²) in [6, 6.07) is 7.14. The summed E-state index contributed by atoms with van der Waals surface area (Å²) in [5, 5.41) is 10.1. The Balaban J connectivity index is 1.59. The predicted molar refractivity (Wildman–Crippen MR) is 116 cm³/mol. The second kappa shape index (κ2) is 7.14. The number of ether oxygens (including phenoxy) is 1. The van der Waals surface area contributed by atoms with Crippen LogP contribution in [0.25, 0.3) is 0 Å². The molecule has 0 N–H and O–H groups in total. The number of hydrogen-bond donors (Lipinski definition) is 0. The van der Waals surface area contributed by atoms with Crippen LogP contribution in [0, 0.1) is 22.2 Å². The van der Waals surface area contributed by atoms with Crippen LogP contribution in [-0.4, -0.2) is 39.2 Å². The van der Waals surface area contributed by atoms with E-state index in [1.165, 1.54) is 11.8 Å². The molecule has 0 unspecified atom stereocenters. The molecule has 2 heterocycles. The molecule has 1 amide bonds. The van der Waals surface area contributed by atoms with E-state index in [-0.39, 0.29) is 28.9 Å². The Morgan fingerprint density at radius 3 is 2.60 bits per heavy atom. The highest BCUT2D eigenvalue weighted by Crippen LogP contribution is 2.59. The molecule has 1 aromatic heterocycles. The lowest BCUT2D eigenvalue weighted by Crippen LogP contribution is -2.74. The number of nitriles is 1. The van der Waals surface area contributed by atoms with Gasteiger partial charge < -0.3 is 9.64 Å². The van der Waals surface area contributed by atoms with Crippen LogP contribution in [0.5, 0.6) is 5.75 Å². The Hall–Kier alpha value is -2.30. The zero-order valence-corrected chi connectivity index (χ0v) is 19.1. The lowest BCUT2D eigenvalue weighted by Gasteiger charge is -2.65. The van der Waals surface area contributed by atoms with Crippen molar-refractivity contribution in [3.8, 4) is 11.8 Å². The van der Waals surface area contributed by atoms with Crippen LogP contribution < -0.4 is 4.74 Å². The van der Waals surface area contributed by atoms with Crippen molar-refractivity contribution in [1.82, 2.24) is 14.9 Å². The molecule has 6 nitrogen and oxygen atoms in total. The highest BCUT2D eigenvalue weighted by atomic mass is 35.5. The Bertz CT molecular complexity index is 1060. The van der Waals surface area contributed by atoms with Crippen molar-refractivity contribution in [1.29, 1.82) is 5.26 Å². The predicted octanol–water partition coefficient (Wildman–Crippen LogP) is 4.56. The maximum absolute atomic E-state index is 13.1. The molecule has 0 saturated heterocycles. The van der Waals surface area contributed by atoms with Crippen LogP contribution in [0.3, 0.4) is 0 Å². The molecule has 1 aliphatic heterocycles. The lowest BCUT2D eigenvalue weighted by atomic mass is 9.49. The summed E-state index contributed by atoms with van der Waals surface area (Å²) >= 11 is 7.64. The number of carbonyl (C=O) groups excluding carboxylic acids is 1. The zero-order chi connectivity index (χ0) is 21.8. The van der Waals surface area contributed by atoms with E-state index in [9.17, 15) is 4.79 Å². The first kappa shape index (κ1) is 21.0. The van der Waals surface area contributed by atoms with Crippen molar-refractivity contribution in [2.75, 3.05) is 6.26 Å². The van der Waals surface area contributed by atoms with Crippen molar-refractivity contribution in [3.63, 3.8) is 0 Å².